The fraction of sp³-hybridized carbons (Fsp3) is 0.188. The highest BCUT2D eigenvalue weighted by Gasteiger charge is 2.08. The van der Waals surface area contributed by atoms with Gasteiger partial charge >= 0.3 is 0 Å². The maximum atomic E-state index is 11.7. The maximum Gasteiger partial charge on any atom is 0.276 e. The van der Waals surface area contributed by atoms with Gasteiger partial charge in [-0.15, -0.1) is 0 Å². The van der Waals surface area contributed by atoms with Crippen LogP contribution in [0.25, 0.3) is 5.70 Å². The molecule has 0 aliphatic heterocycles. The number of amides is 1. The van der Waals surface area contributed by atoms with E-state index < -0.39 is 0 Å². The molecule has 2 N–H and O–H groups in total. The number of nitrogens with one attached hydrogen (secondary N) is 2. The van der Waals surface area contributed by atoms with E-state index in [9.17, 15) is 4.79 Å². The molecule has 1 heterocycles. The van der Waals surface area contributed by atoms with Gasteiger partial charge in [0, 0.05) is 0 Å². The summed E-state index contributed by atoms with van der Waals surface area (Å²) in [5, 5.41) is 0. The van der Waals surface area contributed by atoms with Gasteiger partial charge < -0.3 is 9.15 Å². The summed E-state index contributed by atoms with van der Waals surface area (Å²) in [5.74, 6) is 0.994. The smallest absolute Gasteiger partial charge is 0.276 e. The quantitative estimate of drug-likeness (QED) is 0.801. The Labute approximate surface area is 123 Å². The van der Waals surface area contributed by atoms with Gasteiger partial charge in [0.25, 0.3) is 5.91 Å². The average molecular weight is 286 g/mol. The number of ether oxygens (including phenoxy) is 1. The summed E-state index contributed by atoms with van der Waals surface area (Å²) in [6, 6.07) is 9.32. The molecule has 110 valence electrons. The summed E-state index contributed by atoms with van der Waals surface area (Å²) in [6.45, 7) is 7.56. The molecule has 2 rings (SSSR count). The fourth-order valence-corrected chi connectivity index (χ4v) is 1.86. The molecular formula is C16H18N2O3. The molecule has 0 saturated heterocycles. The molecule has 0 aliphatic rings. The Kier molecular flexibility index (Phi) is 4.66. The zero-order valence-electron chi connectivity index (χ0n) is 12.1. The Hall–Kier alpha value is -2.69. The Balaban J connectivity index is 1.81. The first-order chi connectivity index (χ1) is 10.1. The van der Waals surface area contributed by atoms with Crippen LogP contribution in [0, 0.1) is 13.8 Å². The maximum absolute atomic E-state index is 11.7. The molecular weight excluding hydrogens is 268 g/mol. The first-order valence-corrected chi connectivity index (χ1v) is 6.54. The molecule has 5 heteroatoms. The van der Waals surface area contributed by atoms with Crippen molar-refractivity contribution in [3.05, 3.63) is 60.1 Å². The number of hydrogen-bond donors (Lipinski definition) is 2. The van der Waals surface area contributed by atoms with Crippen molar-refractivity contribution >= 4 is 11.6 Å². The summed E-state index contributed by atoms with van der Waals surface area (Å²) in [6.07, 6.45) is 1.54. The minimum Gasteiger partial charge on any atom is -0.483 e. The predicted octanol–water partition coefficient (Wildman–Crippen LogP) is 2.57. The molecule has 1 aromatic heterocycles. The van der Waals surface area contributed by atoms with Crippen molar-refractivity contribution in [2.75, 3.05) is 6.61 Å². The molecule has 0 radical (unpaired) electrons. The summed E-state index contributed by atoms with van der Waals surface area (Å²) in [4.78, 5) is 11.7. The van der Waals surface area contributed by atoms with Crippen molar-refractivity contribution in [2.24, 2.45) is 0 Å². The van der Waals surface area contributed by atoms with E-state index in [2.05, 4.69) is 17.4 Å². The average Bonchev–Trinajstić information content (AvgIpc) is 2.98. The minimum absolute atomic E-state index is 0.0792. The lowest BCUT2D eigenvalue weighted by atomic mass is 10.1. The van der Waals surface area contributed by atoms with Gasteiger partial charge in [-0.25, -0.2) is 0 Å². The van der Waals surface area contributed by atoms with Gasteiger partial charge in [-0.3, -0.25) is 15.6 Å². The normalized spacial score (nSPS) is 10.0. The van der Waals surface area contributed by atoms with Crippen LogP contribution in [0.15, 0.2) is 47.6 Å². The number of benzene rings is 1. The van der Waals surface area contributed by atoms with E-state index in [0.717, 1.165) is 16.9 Å². The van der Waals surface area contributed by atoms with Crippen molar-refractivity contribution in [1.29, 1.82) is 0 Å². The number of rotatable bonds is 6. The third kappa shape index (κ3) is 3.89. The zero-order valence-corrected chi connectivity index (χ0v) is 12.1. The molecule has 0 bridgehead atoms. The second kappa shape index (κ2) is 6.65. The van der Waals surface area contributed by atoms with E-state index in [0.29, 0.717) is 11.5 Å². The highest BCUT2D eigenvalue weighted by atomic mass is 16.5. The summed E-state index contributed by atoms with van der Waals surface area (Å²) < 4.78 is 10.7. The second-order valence-electron chi connectivity index (χ2n) is 4.64. The highest BCUT2D eigenvalue weighted by Crippen LogP contribution is 2.21. The lowest BCUT2D eigenvalue weighted by molar-refractivity contribution is -0.123. The molecule has 0 atom stereocenters. The Bertz CT molecular complexity index is 613. The van der Waals surface area contributed by atoms with E-state index in [1.54, 1.807) is 12.1 Å². The fourth-order valence-electron chi connectivity index (χ4n) is 1.86. The number of carbonyl (C=O) groups excluding carboxylic acids is 1. The molecule has 1 aromatic carbocycles. The van der Waals surface area contributed by atoms with Crippen molar-refractivity contribution in [2.45, 2.75) is 13.8 Å². The molecule has 0 saturated carbocycles. The third-order valence-corrected chi connectivity index (χ3v) is 2.93. The number of hydrogen-bond acceptors (Lipinski definition) is 4. The molecule has 0 unspecified atom stereocenters. The van der Waals surface area contributed by atoms with Crippen LogP contribution in [0.4, 0.5) is 0 Å². The number of carbonyl (C=O) groups is 1. The van der Waals surface area contributed by atoms with Gasteiger partial charge in [-0.05, 0) is 37.1 Å². The van der Waals surface area contributed by atoms with Gasteiger partial charge in [0.1, 0.15) is 5.75 Å². The van der Waals surface area contributed by atoms with Gasteiger partial charge in [-0.2, -0.15) is 0 Å². The van der Waals surface area contributed by atoms with Crippen LogP contribution < -0.4 is 15.6 Å². The van der Waals surface area contributed by atoms with Crippen LogP contribution in [0.1, 0.15) is 16.9 Å². The summed E-state index contributed by atoms with van der Waals surface area (Å²) in [7, 11) is 0. The third-order valence-electron chi connectivity index (χ3n) is 2.93. The van der Waals surface area contributed by atoms with E-state index in [1.165, 1.54) is 6.26 Å². The number of furan rings is 1. The molecule has 21 heavy (non-hydrogen) atoms. The molecule has 5 nitrogen and oxygen atoms in total. The van der Waals surface area contributed by atoms with Crippen LogP contribution in [-0.2, 0) is 4.79 Å². The first kappa shape index (κ1) is 14.7. The molecule has 0 aliphatic carbocycles. The van der Waals surface area contributed by atoms with E-state index in [4.69, 9.17) is 9.15 Å². The van der Waals surface area contributed by atoms with E-state index >= 15 is 0 Å². The monoisotopic (exact) mass is 286 g/mol. The van der Waals surface area contributed by atoms with Crippen molar-refractivity contribution in [3.8, 4) is 5.75 Å². The van der Waals surface area contributed by atoms with E-state index in [-0.39, 0.29) is 12.5 Å². The van der Waals surface area contributed by atoms with Crippen LogP contribution in [0.2, 0.25) is 0 Å². The van der Waals surface area contributed by atoms with Crippen LogP contribution in [0.3, 0.4) is 0 Å². The zero-order chi connectivity index (χ0) is 15.2. The highest BCUT2D eigenvalue weighted by molar-refractivity contribution is 5.78. The minimum atomic E-state index is -0.301. The number of para-hydroxylation sites is 1. The summed E-state index contributed by atoms with van der Waals surface area (Å²) >= 11 is 0. The molecule has 0 fully saturated rings. The van der Waals surface area contributed by atoms with Crippen molar-refractivity contribution < 1.29 is 13.9 Å². The lowest BCUT2D eigenvalue weighted by Gasteiger charge is -2.13. The second-order valence-corrected chi connectivity index (χ2v) is 4.64. The van der Waals surface area contributed by atoms with Gasteiger partial charge in [0.15, 0.2) is 12.4 Å². The van der Waals surface area contributed by atoms with Crippen LogP contribution in [-0.4, -0.2) is 12.5 Å². The first-order valence-electron chi connectivity index (χ1n) is 6.54. The molecule has 0 spiro atoms. The Morgan fingerprint density at radius 2 is 1.90 bits per heavy atom. The Morgan fingerprint density at radius 1 is 1.19 bits per heavy atom. The van der Waals surface area contributed by atoms with Gasteiger partial charge in [0.05, 0.1) is 12.0 Å². The SMILES string of the molecule is C=C(NNC(=O)COc1c(C)cccc1C)c1ccco1. The lowest BCUT2D eigenvalue weighted by Crippen LogP contribution is -2.39. The topological polar surface area (TPSA) is 63.5 Å². The summed E-state index contributed by atoms with van der Waals surface area (Å²) in [5.41, 5.74) is 7.65. The van der Waals surface area contributed by atoms with Crippen molar-refractivity contribution in [3.63, 3.8) is 0 Å². The van der Waals surface area contributed by atoms with Gasteiger partial charge in [0.2, 0.25) is 0 Å². The largest absolute Gasteiger partial charge is 0.483 e. The standard InChI is InChI=1S/C16H18N2O3/c1-11-6-4-7-12(2)16(11)21-10-15(19)18-17-13(3)14-8-5-9-20-14/h4-9,17H,3,10H2,1-2H3,(H,18,19). The molecule has 1 amide bonds. The van der Waals surface area contributed by atoms with Crippen molar-refractivity contribution in [1.82, 2.24) is 10.9 Å². The predicted molar refractivity (Wildman–Crippen MR) is 80.4 cm³/mol. The Morgan fingerprint density at radius 3 is 2.52 bits per heavy atom. The van der Waals surface area contributed by atoms with Gasteiger partial charge in [-0.1, -0.05) is 24.8 Å². The molecule has 2 aromatic rings. The van der Waals surface area contributed by atoms with E-state index in [1.807, 2.05) is 32.0 Å². The van der Waals surface area contributed by atoms with Crippen LogP contribution >= 0.6 is 0 Å². The number of aryl methyl sites for hydroxylation is 2. The number of hydrazine groups is 1. The van der Waals surface area contributed by atoms with Crippen LogP contribution in [0.5, 0.6) is 5.75 Å².